The molecule has 2 N–H and O–H groups in total. The van der Waals surface area contributed by atoms with Crippen LogP contribution in [0.2, 0.25) is 0 Å². The van der Waals surface area contributed by atoms with E-state index >= 15 is 0 Å². The van der Waals surface area contributed by atoms with Gasteiger partial charge in [0.15, 0.2) is 0 Å². The molecule has 4 rings (SSSR count). The van der Waals surface area contributed by atoms with Crippen LogP contribution >= 0.6 is 11.3 Å². The number of H-pyrrole nitrogens is 1. The number of benzene rings is 2. The van der Waals surface area contributed by atoms with E-state index in [-0.39, 0.29) is 17.9 Å². The minimum atomic E-state index is -0.490. The van der Waals surface area contributed by atoms with E-state index < -0.39 is 5.82 Å². The summed E-state index contributed by atoms with van der Waals surface area (Å²) in [5, 5.41) is 13.6. The fourth-order valence-electron chi connectivity index (χ4n) is 3.05. The average Bonchev–Trinajstić information content (AvgIpc) is 3.08. The van der Waals surface area contributed by atoms with Gasteiger partial charge in [0.1, 0.15) is 16.3 Å². The topological polar surface area (TPSA) is 57.4 Å². The molecule has 0 radical (unpaired) electrons. The summed E-state index contributed by atoms with van der Waals surface area (Å²) in [5.74, 6) is -0.486. The Morgan fingerprint density at radius 2 is 2.08 bits per heavy atom. The lowest BCUT2D eigenvalue weighted by Crippen LogP contribution is -2.04. The van der Waals surface area contributed by atoms with Crippen molar-refractivity contribution in [3.8, 4) is 16.9 Å². The third-order valence-corrected chi connectivity index (χ3v) is 5.08. The molecule has 0 aliphatic carbocycles. The molecule has 4 nitrogen and oxygen atoms in total. The highest BCUT2D eigenvalue weighted by Crippen LogP contribution is 2.40. The Morgan fingerprint density at radius 1 is 1.24 bits per heavy atom. The molecule has 2 aromatic heterocycles. The highest BCUT2D eigenvalue weighted by molar-refractivity contribution is 7.17. The molecule has 4 aromatic rings. The first-order chi connectivity index (χ1) is 12.1. The van der Waals surface area contributed by atoms with Crippen LogP contribution in [0.1, 0.15) is 5.56 Å². The van der Waals surface area contributed by atoms with Crippen LogP contribution in [-0.2, 0) is 6.54 Å². The number of nitrogens with one attached hydrogen (secondary N) is 1. The number of rotatable bonds is 2. The van der Waals surface area contributed by atoms with Gasteiger partial charge in [0.2, 0.25) is 6.54 Å². The number of aromatic nitrogens is 1. The molecule has 2 aromatic carbocycles. The minimum Gasteiger partial charge on any atom is -0.507 e. The van der Waals surface area contributed by atoms with Gasteiger partial charge in [-0.1, -0.05) is 6.07 Å². The molecule has 2 heterocycles. The van der Waals surface area contributed by atoms with Crippen molar-refractivity contribution in [2.75, 3.05) is 0 Å². The van der Waals surface area contributed by atoms with E-state index in [0.29, 0.717) is 32.3 Å². The first-order valence-electron chi connectivity index (χ1n) is 7.47. The molecular formula is C19H11FN2O2S. The maximum absolute atomic E-state index is 14.3. The number of nitrogens with zero attached hydrogens (tertiary/aromatic N) is 1. The second-order valence-corrected chi connectivity index (χ2v) is 6.54. The molecule has 0 saturated heterocycles. The predicted octanol–water partition coefficient (Wildman–Crippen LogP) is 4.67. The van der Waals surface area contributed by atoms with Crippen LogP contribution in [0, 0.1) is 12.4 Å². The quantitative estimate of drug-likeness (QED) is 0.516. The number of hydrogen-bond acceptors (Lipinski definition) is 3. The second-order valence-electron chi connectivity index (χ2n) is 5.62. The van der Waals surface area contributed by atoms with Gasteiger partial charge in [0.25, 0.3) is 5.56 Å². The highest BCUT2D eigenvalue weighted by atomic mass is 32.1. The first kappa shape index (κ1) is 15.4. The molecule has 25 heavy (non-hydrogen) atoms. The Bertz CT molecular complexity index is 1230. The highest BCUT2D eigenvalue weighted by Gasteiger charge is 2.17. The third kappa shape index (κ3) is 2.37. The molecule has 122 valence electrons. The van der Waals surface area contributed by atoms with Gasteiger partial charge in [-0.15, -0.1) is 11.3 Å². The van der Waals surface area contributed by atoms with Crippen LogP contribution in [0.3, 0.4) is 0 Å². The van der Waals surface area contributed by atoms with Gasteiger partial charge in [-0.05, 0) is 41.3 Å². The zero-order chi connectivity index (χ0) is 17.6. The Labute approximate surface area is 145 Å². The zero-order valence-electron chi connectivity index (χ0n) is 12.8. The summed E-state index contributed by atoms with van der Waals surface area (Å²) in [6.07, 6.45) is 0. The van der Waals surface area contributed by atoms with Crippen LogP contribution in [0.5, 0.6) is 5.75 Å². The zero-order valence-corrected chi connectivity index (χ0v) is 13.7. The molecule has 0 aliphatic heterocycles. The van der Waals surface area contributed by atoms with Crippen molar-refractivity contribution < 1.29 is 9.50 Å². The Hall–Kier alpha value is -3.17. The fraction of sp³-hybridized carbons (Fsp3) is 0.0526. The van der Waals surface area contributed by atoms with E-state index in [1.54, 1.807) is 18.2 Å². The number of pyridine rings is 1. The number of hydrogen-bond donors (Lipinski definition) is 2. The van der Waals surface area contributed by atoms with Gasteiger partial charge in [-0.2, -0.15) is 0 Å². The Kier molecular flexibility index (Phi) is 3.52. The standard InChI is InChI=1S/C19H11FN2O2S/c1-21-9-11-3-2-10(8-13(11)20)16-15(23)5-4-14-17(16)12-6-7-25-18(12)19(24)22-14/h2-8,23H,9H2,(H,22,24). The maximum Gasteiger partial charge on any atom is 0.266 e. The molecule has 0 aliphatic rings. The van der Waals surface area contributed by atoms with Crippen LogP contribution in [-0.4, -0.2) is 10.1 Å². The SMILES string of the molecule is [C-]#[N+]Cc1ccc(-c2c(O)ccc3[nH]c(=O)c4sccc4c23)cc1F. The van der Waals surface area contributed by atoms with E-state index in [1.165, 1.54) is 23.5 Å². The van der Waals surface area contributed by atoms with Crippen molar-refractivity contribution in [3.05, 3.63) is 74.9 Å². The van der Waals surface area contributed by atoms with Crippen molar-refractivity contribution >= 4 is 32.3 Å². The molecule has 0 atom stereocenters. The van der Waals surface area contributed by atoms with E-state index in [0.717, 1.165) is 5.39 Å². The van der Waals surface area contributed by atoms with E-state index in [9.17, 15) is 14.3 Å². The monoisotopic (exact) mass is 350 g/mol. The molecule has 0 spiro atoms. The molecular weight excluding hydrogens is 339 g/mol. The number of thiophene rings is 1. The smallest absolute Gasteiger partial charge is 0.266 e. The molecule has 0 unspecified atom stereocenters. The summed E-state index contributed by atoms with van der Waals surface area (Å²) in [4.78, 5) is 18.2. The summed E-state index contributed by atoms with van der Waals surface area (Å²) < 4.78 is 14.9. The molecule has 0 saturated carbocycles. The van der Waals surface area contributed by atoms with Crippen molar-refractivity contribution in [1.29, 1.82) is 0 Å². The van der Waals surface area contributed by atoms with Gasteiger partial charge in [-0.3, -0.25) is 4.79 Å². The van der Waals surface area contributed by atoms with E-state index in [4.69, 9.17) is 6.57 Å². The summed E-state index contributed by atoms with van der Waals surface area (Å²) in [7, 11) is 0. The number of phenolic OH excluding ortho intramolecular Hbond substituents is 1. The number of fused-ring (bicyclic) bond motifs is 3. The molecule has 0 amide bonds. The van der Waals surface area contributed by atoms with E-state index in [1.807, 2.05) is 11.4 Å². The Morgan fingerprint density at radius 3 is 2.84 bits per heavy atom. The van der Waals surface area contributed by atoms with Crippen molar-refractivity contribution in [3.63, 3.8) is 0 Å². The van der Waals surface area contributed by atoms with Crippen molar-refractivity contribution in [1.82, 2.24) is 4.98 Å². The third-order valence-electron chi connectivity index (χ3n) is 4.16. The van der Waals surface area contributed by atoms with Gasteiger partial charge >= 0.3 is 0 Å². The maximum atomic E-state index is 14.3. The molecule has 0 bridgehead atoms. The van der Waals surface area contributed by atoms with Crippen LogP contribution in [0.15, 0.2) is 46.6 Å². The number of halogens is 1. The normalized spacial score (nSPS) is 11.0. The lowest BCUT2D eigenvalue weighted by Gasteiger charge is -2.11. The van der Waals surface area contributed by atoms with Crippen molar-refractivity contribution in [2.24, 2.45) is 0 Å². The van der Waals surface area contributed by atoms with E-state index in [2.05, 4.69) is 9.83 Å². The number of aromatic amines is 1. The van der Waals surface area contributed by atoms with Crippen LogP contribution in [0.4, 0.5) is 4.39 Å². The van der Waals surface area contributed by atoms with Crippen LogP contribution < -0.4 is 5.56 Å². The minimum absolute atomic E-state index is 0.00405. The number of phenols is 1. The fourth-order valence-corrected chi connectivity index (χ4v) is 3.84. The lowest BCUT2D eigenvalue weighted by molar-refractivity contribution is 0.478. The average molecular weight is 350 g/mol. The summed E-state index contributed by atoms with van der Waals surface area (Å²) in [6.45, 7) is 6.84. The molecule has 6 heteroatoms. The van der Waals surface area contributed by atoms with Gasteiger partial charge < -0.3 is 14.9 Å². The lowest BCUT2D eigenvalue weighted by atomic mass is 9.96. The number of aromatic hydroxyl groups is 1. The summed E-state index contributed by atoms with van der Waals surface area (Å²) >= 11 is 1.32. The second kappa shape index (κ2) is 5.72. The van der Waals surface area contributed by atoms with Crippen molar-refractivity contribution in [2.45, 2.75) is 6.54 Å². The largest absolute Gasteiger partial charge is 0.507 e. The van der Waals surface area contributed by atoms with Gasteiger partial charge in [-0.25, -0.2) is 11.0 Å². The van der Waals surface area contributed by atoms with Gasteiger partial charge in [0.05, 0.1) is 5.56 Å². The van der Waals surface area contributed by atoms with Gasteiger partial charge in [0, 0.05) is 21.9 Å². The Balaban J connectivity index is 2.10. The predicted molar refractivity (Wildman–Crippen MR) is 97.3 cm³/mol. The first-order valence-corrected chi connectivity index (χ1v) is 8.35. The summed E-state index contributed by atoms with van der Waals surface area (Å²) in [5.41, 5.74) is 1.66. The van der Waals surface area contributed by atoms with Crippen LogP contribution in [0.25, 0.3) is 37.0 Å². The summed E-state index contributed by atoms with van der Waals surface area (Å²) in [6, 6.07) is 9.49. The molecule has 0 fully saturated rings.